The molecule has 6 aromatic rings. The van der Waals surface area contributed by atoms with Crippen LogP contribution >= 0.6 is 22.7 Å². The van der Waals surface area contributed by atoms with E-state index < -0.39 is 0 Å². The van der Waals surface area contributed by atoms with Gasteiger partial charge in [-0.05, 0) is 78.9 Å². The van der Waals surface area contributed by atoms with Crippen LogP contribution in [0.5, 0.6) is 0 Å². The maximum atomic E-state index is 13.2. The van der Waals surface area contributed by atoms with Gasteiger partial charge in [-0.1, -0.05) is 37.6 Å². The van der Waals surface area contributed by atoms with E-state index in [-0.39, 0.29) is 23.3 Å². The molecule has 4 aromatic heterocycles. The molecule has 2 amide bonds. The minimum Gasteiger partial charge on any atom is -0.462 e. The summed E-state index contributed by atoms with van der Waals surface area (Å²) in [5.41, 5.74) is 4.67. The molecule has 0 spiro atoms. The van der Waals surface area contributed by atoms with Gasteiger partial charge in [-0.2, -0.15) is 0 Å². The molecule has 0 aliphatic rings. The summed E-state index contributed by atoms with van der Waals surface area (Å²) in [6.07, 6.45) is 6.34. The number of pyridine rings is 1. The Hall–Kier alpha value is -5.72. The lowest BCUT2D eigenvalue weighted by atomic mass is 10.1. The van der Waals surface area contributed by atoms with Gasteiger partial charge in [0.05, 0.1) is 40.2 Å². The van der Waals surface area contributed by atoms with E-state index in [0.29, 0.717) is 45.8 Å². The zero-order valence-corrected chi connectivity index (χ0v) is 28.4. The predicted octanol–water partition coefficient (Wildman–Crippen LogP) is 8.84. The predicted molar refractivity (Wildman–Crippen MR) is 195 cm³/mol. The fourth-order valence-electron chi connectivity index (χ4n) is 4.77. The van der Waals surface area contributed by atoms with Crippen molar-refractivity contribution in [1.82, 2.24) is 15.0 Å². The van der Waals surface area contributed by atoms with Gasteiger partial charge in [0.2, 0.25) is 5.95 Å². The van der Waals surface area contributed by atoms with Crippen molar-refractivity contribution in [3.8, 4) is 21.0 Å². The van der Waals surface area contributed by atoms with Crippen molar-refractivity contribution >= 4 is 63.5 Å². The van der Waals surface area contributed by atoms with Crippen LogP contribution in [-0.4, -0.2) is 39.3 Å². The largest absolute Gasteiger partial charge is 0.462 e. The van der Waals surface area contributed by atoms with Crippen molar-refractivity contribution in [3.63, 3.8) is 0 Å². The number of thiophene rings is 2. The molecule has 0 fully saturated rings. The number of benzene rings is 2. The first-order chi connectivity index (χ1) is 23.9. The van der Waals surface area contributed by atoms with E-state index in [9.17, 15) is 14.4 Å². The third-order valence-corrected chi connectivity index (χ3v) is 9.52. The number of aromatic nitrogens is 3. The molecule has 0 unspecified atom stereocenters. The van der Waals surface area contributed by atoms with Crippen LogP contribution in [0, 0.1) is 6.92 Å². The lowest BCUT2D eigenvalue weighted by Gasteiger charge is -2.13. The highest BCUT2D eigenvalue weighted by molar-refractivity contribution is 7.22. The average molecular weight is 689 g/mol. The fraction of sp³-hybridized carbons (Fsp3) is 0.135. The Morgan fingerprint density at radius 3 is 2.55 bits per heavy atom. The maximum absolute atomic E-state index is 13.2. The second-order valence-electron chi connectivity index (χ2n) is 11.0. The van der Waals surface area contributed by atoms with Crippen LogP contribution in [0.25, 0.3) is 21.0 Å². The van der Waals surface area contributed by atoms with Gasteiger partial charge in [-0.3, -0.25) is 14.6 Å². The lowest BCUT2D eigenvalue weighted by Crippen LogP contribution is -2.15. The molecule has 0 atom stereocenters. The molecular weight excluding hydrogens is 657 g/mol. The summed E-state index contributed by atoms with van der Waals surface area (Å²) in [5, 5.41) is 11.0. The van der Waals surface area contributed by atoms with Gasteiger partial charge in [-0.15, -0.1) is 22.7 Å². The summed E-state index contributed by atoms with van der Waals surface area (Å²) in [6, 6.07) is 23.6. The Morgan fingerprint density at radius 2 is 1.71 bits per heavy atom. The molecule has 246 valence electrons. The lowest BCUT2D eigenvalue weighted by molar-refractivity contribution is 0.0499. The van der Waals surface area contributed by atoms with Crippen LogP contribution in [-0.2, 0) is 4.74 Å². The van der Waals surface area contributed by atoms with E-state index in [1.54, 1.807) is 66.1 Å². The van der Waals surface area contributed by atoms with E-state index in [0.717, 1.165) is 33.7 Å². The minimum absolute atomic E-state index is 0.273. The first-order valence-electron chi connectivity index (χ1n) is 15.6. The third kappa shape index (κ3) is 8.42. The molecule has 0 aliphatic carbocycles. The standard InChI is InChI=1S/C37H32N6O4S2/c1-3-4-16-47-36(46)25-8-5-7-24(18-25)29-14-15-39-37(42-29)43-30-20-27(11-10-23(30)2)40-34(44)26-19-28(22-38-21-26)41-35(45)33-13-12-32(49-33)31-9-6-17-48-31/h5-15,17-22H,3-4,16H2,1-2H3,(H,40,44)(H,41,45)(H,39,42,43). The first-order valence-corrected chi connectivity index (χ1v) is 17.3. The molecule has 0 saturated carbocycles. The normalized spacial score (nSPS) is 10.7. The average Bonchev–Trinajstić information content (AvgIpc) is 3.84. The highest BCUT2D eigenvalue weighted by Crippen LogP contribution is 2.32. The van der Waals surface area contributed by atoms with Gasteiger partial charge < -0.3 is 20.7 Å². The van der Waals surface area contributed by atoms with Gasteiger partial charge >= 0.3 is 5.97 Å². The molecule has 2 aromatic carbocycles. The van der Waals surface area contributed by atoms with Crippen LogP contribution in [0.4, 0.5) is 23.0 Å². The fourth-order valence-corrected chi connectivity index (χ4v) is 6.51. The quantitative estimate of drug-likeness (QED) is 0.0857. The molecule has 0 radical (unpaired) electrons. The number of rotatable bonds is 12. The topological polar surface area (TPSA) is 135 Å². The molecule has 3 N–H and O–H groups in total. The molecular formula is C37H32N6O4S2. The van der Waals surface area contributed by atoms with Crippen molar-refractivity contribution in [3.05, 3.63) is 124 Å². The van der Waals surface area contributed by atoms with Crippen LogP contribution < -0.4 is 16.0 Å². The number of unbranched alkanes of at least 4 members (excludes halogenated alkanes) is 1. The number of carbonyl (C=O) groups excluding carboxylic acids is 3. The SMILES string of the molecule is CCCCOC(=O)c1cccc(-c2ccnc(Nc3cc(NC(=O)c4cncc(NC(=O)c5ccc(-c6cccs6)s5)c4)ccc3C)n2)c1. The van der Waals surface area contributed by atoms with Crippen molar-refractivity contribution < 1.29 is 19.1 Å². The molecule has 12 heteroatoms. The first kappa shape index (κ1) is 33.2. The van der Waals surface area contributed by atoms with Crippen molar-refractivity contribution in [2.75, 3.05) is 22.6 Å². The highest BCUT2D eigenvalue weighted by atomic mass is 32.1. The zero-order chi connectivity index (χ0) is 34.2. The van der Waals surface area contributed by atoms with Gasteiger partial charge in [0.1, 0.15) is 0 Å². The third-order valence-electron chi connectivity index (χ3n) is 7.37. The second-order valence-corrected chi connectivity index (χ2v) is 13.0. The van der Waals surface area contributed by atoms with Crippen LogP contribution in [0.1, 0.15) is 55.7 Å². The zero-order valence-electron chi connectivity index (χ0n) is 26.7. The van der Waals surface area contributed by atoms with Gasteiger partial charge in [0.15, 0.2) is 0 Å². The Morgan fingerprint density at radius 1 is 0.837 bits per heavy atom. The van der Waals surface area contributed by atoms with Crippen LogP contribution in [0.3, 0.4) is 0 Å². The van der Waals surface area contributed by atoms with Crippen molar-refractivity contribution in [2.45, 2.75) is 26.7 Å². The summed E-state index contributed by atoms with van der Waals surface area (Å²) in [5.74, 6) is -0.682. The number of nitrogens with zero attached hydrogens (tertiary/aromatic N) is 3. The smallest absolute Gasteiger partial charge is 0.338 e. The molecule has 10 nitrogen and oxygen atoms in total. The maximum Gasteiger partial charge on any atom is 0.338 e. The van der Waals surface area contributed by atoms with E-state index in [4.69, 9.17) is 4.74 Å². The summed E-state index contributed by atoms with van der Waals surface area (Å²) < 4.78 is 5.36. The summed E-state index contributed by atoms with van der Waals surface area (Å²) >= 11 is 3.02. The number of aryl methyl sites for hydroxylation is 1. The number of ether oxygens (including phenoxy) is 1. The Labute approximate surface area is 291 Å². The summed E-state index contributed by atoms with van der Waals surface area (Å²) in [7, 11) is 0. The monoisotopic (exact) mass is 688 g/mol. The molecule has 4 heterocycles. The van der Waals surface area contributed by atoms with Crippen LogP contribution in [0.15, 0.2) is 103 Å². The number of esters is 1. The van der Waals surface area contributed by atoms with Crippen molar-refractivity contribution in [1.29, 1.82) is 0 Å². The number of nitrogens with one attached hydrogen (secondary N) is 3. The number of carbonyl (C=O) groups is 3. The summed E-state index contributed by atoms with van der Waals surface area (Å²) in [4.78, 5) is 54.5. The van der Waals surface area contributed by atoms with Gasteiger partial charge in [-0.25, -0.2) is 14.8 Å². The van der Waals surface area contributed by atoms with E-state index in [2.05, 4.69) is 30.9 Å². The Balaban J connectivity index is 1.11. The highest BCUT2D eigenvalue weighted by Gasteiger charge is 2.15. The second kappa shape index (κ2) is 15.5. The van der Waals surface area contributed by atoms with Gasteiger partial charge in [0, 0.05) is 39.1 Å². The van der Waals surface area contributed by atoms with E-state index >= 15 is 0 Å². The minimum atomic E-state index is -0.388. The number of hydrogen-bond acceptors (Lipinski definition) is 10. The van der Waals surface area contributed by atoms with Gasteiger partial charge in [0.25, 0.3) is 11.8 Å². The Bertz CT molecular complexity index is 2110. The molecule has 6 rings (SSSR count). The summed E-state index contributed by atoms with van der Waals surface area (Å²) in [6.45, 7) is 4.35. The van der Waals surface area contributed by atoms with E-state index in [1.807, 2.05) is 49.6 Å². The number of amides is 2. The Kier molecular flexibility index (Phi) is 10.5. The molecule has 0 bridgehead atoms. The van der Waals surface area contributed by atoms with Crippen LogP contribution in [0.2, 0.25) is 0 Å². The molecule has 0 aliphatic heterocycles. The van der Waals surface area contributed by atoms with Crippen molar-refractivity contribution in [2.24, 2.45) is 0 Å². The molecule has 49 heavy (non-hydrogen) atoms. The number of hydrogen-bond donors (Lipinski definition) is 3. The number of anilines is 4. The molecule has 0 saturated heterocycles. The van der Waals surface area contributed by atoms with E-state index in [1.165, 1.54) is 23.7 Å².